The normalized spacial score (nSPS) is 23.9. The summed E-state index contributed by atoms with van der Waals surface area (Å²) in [5.74, 6) is 0.427. The molecule has 2 aliphatic rings. The Morgan fingerprint density at radius 3 is 2.80 bits per heavy atom. The Labute approximate surface area is 120 Å². The Hall–Kier alpha value is -0.980. The van der Waals surface area contributed by atoms with Crippen LogP contribution in [0.2, 0.25) is 0 Å². The van der Waals surface area contributed by atoms with Crippen LogP contribution in [0.3, 0.4) is 0 Å². The summed E-state index contributed by atoms with van der Waals surface area (Å²) in [6, 6.07) is 3.51. The molecule has 5 nitrogen and oxygen atoms in total. The molecule has 1 saturated carbocycles. The maximum absolute atomic E-state index is 12.8. The molecule has 1 aromatic heterocycles. The molecule has 0 amide bonds. The molecule has 0 radical (unpaired) electrons. The molecule has 0 spiro atoms. The SMILES string of the molecule is O=S(=O)(c1cccnc1)N(CC1CCCNC1)C1CC1. The van der Waals surface area contributed by atoms with Crippen molar-refractivity contribution in [1.82, 2.24) is 14.6 Å². The molecule has 0 bridgehead atoms. The zero-order valence-corrected chi connectivity index (χ0v) is 12.3. The van der Waals surface area contributed by atoms with Crippen molar-refractivity contribution in [2.24, 2.45) is 5.92 Å². The number of nitrogens with one attached hydrogen (secondary N) is 1. The fourth-order valence-electron chi connectivity index (χ4n) is 2.78. The molecule has 110 valence electrons. The van der Waals surface area contributed by atoms with E-state index in [1.165, 1.54) is 6.20 Å². The second-order valence-corrected chi connectivity index (χ2v) is 7.60. The van der Waals surface area contributed by atoms with Crippen molar-refractivity contribution in [3.8, 4) is 0 Å². The minimum absolute atomic E-state index is 0.196. The van der Waals surface area contributed by atoms with Gasteiger partial charge in [0.25, 0.3) is 0 Å². The Morgan fingerprint density at radius 1 is 1.35 bits per heavy atom. The largest absolute Gasteiger partial charge is 0.316 e. The van der Waals surface area contributed by atoms with Gasteiger partial charge in [-0.1, -0.05) is 0 Å². The highest BCUT2D eigenvalue weighted by Crippen LogP contribution is 2.33. The Kier molecular flexibility index (Phi) is 4.05. The minimum atomic E-state index is -3.39. The molecule has 1 atom stereocenters. The van der Waals surface area contributed by atoms with Gasteiger partial charge in [-0.25, -0.2) is 8.42 Å². The number of nitrogens with zero attached hydrogens (tertiary/aromatic N) is 2. The van der Waals surface area contributed by atoms with Gasteiger partial charge in [-0.2, -0.15) is 4.31 Å². The van der Waals surface area contributed by atoms with Crippen LogP contribution in [-0.2, 0) is 10.0 Å². The zero-order valence-electron chi connectivity index (χ0n) is 11.5. The summed E-state index contributed by atoms with van der Waals surface area (Å²) in [6.45, 7) is 2.61. The molecule has 1 saturated heterocycles. The monoisotopic (exact) mass is 295 g/mol. The first-order valence-corrected chi connectivity index (χ1v) is 8.74. The second kappa shape index (κ2) is 5.79. The Balaban J connectivity index is 1.79. The smallest absolute Gasteiger partial charge is 0.244 e. The van der Waals surface area contributed by atoms with Crippen molar-refractivity contribution in [3.63, 3.8) is 0 Å². The average Bonchev–Trinajstić information content (AvgIpc) is 3.31. The molecule has 0 aromatic carbocycles. The summed E-state index contributed by atoms with van der Waals surface area (Å²) < 4.78 is 27.2. The average molecular weight is 295 g/mol. The van der Waals surface area contributed by atoms with Crippen LogP contribution in [0, 0.1) is 5.92 Å². The van der Waals surface area contributed by atoms with Crippen molar-refractivity contribution < 1.29 is 8.42 Å². The molecule has 2 heterocycles. The number of hydrogen-bond acceptors (Lipinski definition) is 4. The summed E-state index contributed by atoms with van der Waals surface area (Å²) in [5.41, 5.74) is 0. The highest BCUT2D eigenvalue weighted by Gasteiger charge is 2.39. The molecular weight excluding hydrogens is 274 g/mol. The van der Waals surface area contributed by atoms with Crippen LogP contribution in [0.5, 0.6) is 0 Å². The summed E-state index contributed by atoms with van der Waals surface area (Å²) in [5, 5.41) is 3.36. The van der Waals surface area contributed by atoms with Crippen LogP contribution in [0.15, 0.2) is 29.4 Å². The van der Waals surface area contributed by atoms with E-state index >= 15 is 0 Å². The lowest BCUT2D eigenvalue weighted by atomic mass is 10.00. The van der Waals surface area contributed by atoms with Crippen LogP contribution in [0.25, 0.3) is 0 Å². The number of piperidine rings is 1. The van der Waals surface area contributed by atoms with Gasteiger partial charge in [-0.05, 0) is 56.8 Å². The van der Waals surface area contributed by atoms with E-state index in [1.54, 1.807) is 22.6 Å². The third-order valence-electron chi connectivity index (χ3n) is 4.03. The van der Waals surface area contributed by atoms with Crippen molar-refractivity contribution in [1.29, 1.82) is 0 Å². The Morgan fingerprint density at radius 2 is 2.20 bits per heavy atom. The van der Waals surface area contributed by atoms with E-state index in [0.717, 1.165) is 38.8 Å². The standard InChI is InChI=1S/C14H21N3O2S/c18-20(19,14-4-2-8-16-10-14)17(13-5-6-13)11-12-3-1-7-15-9-12/h2,4,8,10,12-13,15H,1,3,5-7,9,11H2. The van der Waals surface area contributed by atoms with Gasteiger partial charge in [0.05, 0.1) is 0 Å². The molecule has 1 unspecified atom stereocenters. The number of pyridine rings is 1. The molecule has 1 aromatic rings. The fourth-order valence-corrected chi connectivity index (χ4v) is 4.50. The van der Waals surface area contributed by atoms with E-state index in [2.05, 4.69) is 10.3 Å². The maximum atomic E-state index is 12.8. The van der Waals surface area contributed by atoms with Gasteiger partial charge in [-0.3, -0.25) is 4.98 Å². The summed E-state index contributed by atoms with van der Waals surface area (Å²) >= 11 is 0. The lowest BCUT2D eigenvalue weighted by molar-refractivity contribution is 0.286. The van der Waals surface area contributed by atoms with Gasteiger partial charge in [0.1, 0.15) is 4.90 Å². The molecule has 6 heteroatoms. The maximum Gasteiger partial charge on any atom is 0.244 e. The first-order valence-electron chi connectivity index (χ1n) is 7.30. The molecule has 3 rings (SSSR count). The van der Waals surface area contributed by atoms with Gasteiger partial charge in [0, 0.05) is 25.0 Å². The van der Waals surface area contributed by atoms with Crippen LogP contribution < -0.4 is 5.32 Å². The first-order chi connectivity index (χ1) is 9.68. The van der Waals surface area contributed by atoms with Crippen LogP contribution in [0.1, 0.15) is 25.7 Å². The van der Waals surface area contributed by atoms with Crippen molar-refractivity contribution in [2.75, 3.05) is 19.6 Å². The number of aromatic nitrogens is 1. The topological polar surface area (TPSA) is 62.3 Å². The highest BCUT2D eigenvalue weighted by molar-refractivity contribution is 7.89. The van der Waals surface area contributed by atoms with Gasteiger partial charge >= 0.3 is 0 Å². The van der Waals surface area contributed by atoms with Gasteiger partial charge in [0.2, 0.25) is 10.0 Å². The molecular formula is C14H21N3O2S. The highest BCUT2D eigenvalue weighted by atomic mass is 32.2. The van der Waals surface area contributed by atoms with Crippen LogP contribution >= 0.6 is 0 Å². The number of hydrogen-bond donors (Lipinski definition) is 1. The summed E-state index contributed by atoms with van der Waals surface area (Å²) in [4.78, 5) is 4.26. The van der Waals surface area contributed by atoms with Gasteiger partial charge < -0.3 is 5.32 Å². The molecule has 1 aliphatic heterocycles. The van der Waals surface area contributed by atoms with Crippen molar-refractivity contribution >= 4 is 10.0 Å². The van der Waals surface area contributed by atoms with Gasteiger partial charge in [-0.15, -0.1) is 0 Å². The first kappa shape index (κ1) is 14.0. The van der Waals surface area contributed by atoms with Crippen LogP contribution in [-0.4, -0.2) is 43.4 Å². The lowest BCUT2D eigenvalue weighted by Crippen LogP contribution is -2.42. The summed E-state index contributed by atoms with van der Waals surface area (Å²) in [6.07, 6.45) is 7.27. The van der Waals surface area contributed by atoms with E-state index < -0.39 is 10.0 Å². The zero-order chi connectivity index (χ0) is 14.0. The van der Waals surface area contributed by atoms with E-state index in [0.29, 0.717) is 17.4 Å². The minimum Gasteiger partial charge on any atom is -0.316 e. The van der Waals surface area contributed by atoms with Crippen molar-refractivity contribution in [3.05, 3.63) is 24.5 Å². The third kappa shape index (κ3) is 3.02. The second-order valence-electron chi connectivity index (χ2n) is 5.71. The molecule has 20 heavy (non-hydrogen) atoms. The van der Waals surface area contributed by atoms with E-state index in [-0.39, 0.29) is 6.04 Å². The van der Waals surface area contributed by atoms with E-state index in [9.17, 15) is 8.42 Å². The Bertz CT molecular complexity index is 537. The predicted octanol–water partition coefficient (Wildman–Crippen LogP) is 1.23. The van der Waals surface area contributed by atoms with Crippen LogP contribution in [0.4, 0.5) is 0 Å². The quantitative estimate of drug-likeness (QED) is 0.887. The van der Waals surface area contributed by atoms with E-state index in [1.807, 2.05) is 0 Å². The third-order valence-corrected chi connectivity index (χ3v) is 5.93. The fraction of sp³-hybridized carbons (Fsp3) is 0.643. The lowest BCUT2D eigenvalue weighted by Gasteiger charge is -2.29. The summed E-state index contributed by atoms with van der Waals surface area (Å²) in [7, 11) is -3.39. The number of sulfonamides is 1. The molecule has 2 fully saturated rings. The molecule has 1 N–H and O–H groups in total. The van der Waals surface area contributed by atoms with Crippen molar-refractivity contribution in [2.45, 2.75) is 36.6 Å². The number of rotatable bonds is 5. The van der Waals surface area contributed by atoms with Gasteiger partial charge in [0.15, 0.2) is 0 Å². The predicted molar refractivity (Wildman–Crippen MR) is 76.7 cm³/mol. The molecule has 1 aliphatic carbocycles. The van der Waals surface area contributed by atoms with E-state index in [4.69, 9.17) is 0 Å².